The van der Waals surface area contributed by atoms with Crippen LogP contribution in [0.1, 0.15) is 64.7 Å². The highest BCUT2D eigenvalue weighted by molar-refractivity contribution is 5.82. The Morgan fingerprint density at radius 3 is 2.28 bits per heavy atom. The third-order valence-corrected chi connectivity index (χ3v) is 4.70. The third kappa shape index (κ3) is 3.71. The van der Waals surface area contributed by atoms with E-state index in [0.29, 0.717) is 6.04 Å². The van der Waals surface area contributed by atoms with Gasteiger partial charge in [-0.3, -0.25) is 4.79 Å². The second kappa shape index (κ2) is 6.55. The average molecular weight is 252 g/mol. The number of carbonyl (C=O) groups is 1. The summed E-state index contributed by atoms with van der Waals surface area (Å²) in [4.78, 5) is 11.9. The van der Waals surface area contributed by atoms with Crippen molar-refractivity contribution in [1.29, 1.82) is 0 Å². The zero-order chi connectivity index (χ0) is 12.8. The molecular weight excluding hydrogens is 224 g/mol. The molecule has 0 spiro atoms. The van der Waals surface area contributed by atoms with Crippen LogP contribution in [0.3, 0.4) is 0 Å². The Balaban J connectivity index is 1.56. The van der Waals surface area contributed by atoms with Gasteiger partial charge in [0.1, 0.15) is 0 Å². The summed E-state index contributed by atoms with van der Waals surface area (Å²) < 4.78 is 0. The summed E-state index contributed by atoms with van der Waals surface area (Å²) in [6.07, 6.45) is 11.5. The van der Waals surface area contributed by atoms with Gasteiger partial charge in [-0.05, 0) is 25.7 Å². The average Bonchev–Trinajstić information content (AvgIpc) is 2.60. The summed E-state index contributed by atoms with van der Waals surface area (Å²) in [6, 6.07) is 0.684. The predicted molar refractivity (Wildman–Crippen MR) is 74.5 cm³/mol. The molecule has 3 nitrogen and oxygen atoms in total. The Morgan fingerprint density at radius 2 is 1.72 bits per heavy atom. The molecule has 2 aliphatic rings. The maximum atomic E-state index is 11.9. The van der Waals surface area contributed by atoms with E-state index in [1.165, 1.54) is 44.9 Å². The van der Waals surface area contributed by atoms with Crippen LogP contribution >= 0.6 is 0 Å². The van der Waals surface area contributed by atoms with Gasteiger partial charge in [0.2, 0.25) is 5.91 Å². The molecular formula is C15H28N2O. The fourth-order valence-corrected chi connectivity index (χ4v) is 3.08. The molecule has 0 saturated heterocycles. The summed E-state index contributed by atoms with van der Waals surface area (Å²) in [5.41, 5.74) is -0.0533. The molecule has 3 heteroatoms. The van der Waals surface area contributed by atoms with Crippen LogP contribution in [-0.2, 0) is 4.79 Å². The molecule has 0 aromatic rings. The van der Waals surface area contributed by atoms with E-state index in [2.05, 4.69) is 17.6 Å². The van der Waals surface area contributed by atoms with E-state index in [9.17, 15) is 4.79 Å². The van der Waals surface area contributed by atoms with Crippen molar-refractivity contribution in [1.82, 2.24) is 10.6 Å². The van der Waals surface area contributed by atoms with Gasteiger partial charge in [-0.25, -0.2) is 0 Å². The minimum Gasteiger partial charge on any atom is -0.354 e. The maximum absolute atomic E-state index is 11.9. The summed E-state index contributed by atoms with van der Waals surface area (Å²) in [6.45, 7) is 3.79. The first-order valence-electron chi connectivity index (χ1n) is 7.72. The standard InChI is InChI=1S/C15H28N2O/c1-15(9-6-10-15)14(18)17-12-11-16-13-7-4-2-3-5-8-13/h13,16H,2-12H2,1H3,(H,17,18). The van der Waals surface area contributed by atoms with E-state index >= 15 is 0 Å². The van der Waals surface area contributed by atoms with Crippen LogP contribution in [-0.4, -0.2) is 25.0 Å². The lowest BCUT2D eigenvalue weighted by Gasteiger charge is -2.36. The third-order valence-electron chi connectivity index (χ3n) is 4.70. The molecule has 0 atom stereocenters. The van der Waals surface area contributed by atoms with Gasteiger partial charge < -0.3 is 10.6 Å². The topological polar surface area (TPSA) is 41.1 Å². The fraction of sp³-hybridized carbons (Fsp3) is 0.933. The Bertz CT molecular complexity index is 266. The first-order chi connectivity index (χ1) is 8.71. The minimum absolute atomic E-state index is 0.0533. The number of hydrogen-bond donors (Lipinski definition) is 2. The predicted octanol–water partition coefficient (Wildman–Crippen LogP) is 2.61. The largest absolute Gasteiger partial charge is 0.354 e. The van der Waals surface area contributed by atoms with Crippen molar-refractivity contribution in [3.63, 3.8) is 0 Å². The molecule has 0 aromatic heterocycles. The number of nitrogens with one attached hydrogen (secondary N) is 2. The highest BCUT2D eigenvalue weighted by atomic mass is 16.2. The first-order valence-corrected chi connectivity index (χ1v) is 7.72. The van der Waals surface area contributed by atoms with Gasteiger partial charge in [-0.2, -0.15) is 0 Å². The molecule has 0 aliphatic heterocycles. The number of carbonyl (C=O) groups excluding carboxylic acids is 1. The molecule has 0 radical (unpaired) electrons. The molecule has 0 bridgehead atoms. The Labute approximate surface area is 111 Å². The number of hydrogen-bond acceptors (Lipinski definition) is 2. The van der Waals surface area contributed by atoms with Crippen LogP contribution in [0.5, 0.6) is 0 Å². The maximum Gasteiger partial charge on any atom is 0.225 e. The minimum atomic E-state index is -0.0533. The molecule has 2 saturated carbocycles. The zero-order valence-corrected chi connectivity index (χ0v) is 11.8. The number of rotatable bonds is 5. The summed E-state index contributed by atoms with van der Waals surface area (Å²) in [5.74, 6) is 0.261. The van der Waals surface area contributed by atoms with Crippen LogP contribution in [0.2, 0.25) is 0 Å². The molecule has 104 valence electrons. The van der Waals surface area contributed by atoms with Gasteiger partial charge >= 0.3 is 0 Å². The summed E-state index contributed by atoms with van der Waals surface area (Å²) in [7, 11) is 0. The van der Waals surface area contributed by atoms with Gasteiger partial charge in [0.15, 0.2) is 0 Å². The van der Waals surface area contributed by atoms with Crippen LogP contribution in [0.25, 0.3) is 0 Å². The van der Waals surface area contributed by atoms with Crippen molar-refractivity contribution in [3.05, 3.63) is 0 Å². The van der Waals surface area contributed by atoms with Crippen LogP contribution in [0.4, 0.5) is 0 Å². The molecule has 2 N–H and O–H groups in total. The van der Waals surface area contributed by atoms with Gasteiger partial charge in [0.05, 0.1) is 0 Å². The highest BCUT2D eigenvalue weighted by Gasteiger charge is 2.38. The summed E-state index contributed by atoms with van der Waals surface area (Å²) >= 11 is 0. The van der Waals surface area contributed by atoms with Crippen molar-refractivity contribution < 1.29 is 4.79 Å². The molecule has 18 heavy (non-hydrogen) atoms. The lowest BCUT2D eigenvalue weighted by molar-refractivity contribution is -0.134. The van der Waals surface area contributed by atoms with Gasteiger partial charge in [-0.15, -0.1) is 0 Å². The monoisotopic (exact) mass is 252 g/mol. The van der Waals surface area contributed by atoms with Crippen LogP contribution in [0, 0.1) is 5.41 Å². The fourth-order valence-electron chi connectivity index (χ4n) is 3.08. The van der Waals surface area contributed by atoms with Crippen molar-refractivity contribution in [2.24, 2.45) is 5.41 Å². The molecule has 1 amide bonds. The van der Waals surface area contributed by atoms with E-state index in [1.807, 2.05) is 0 Å². The highest BCUT2D eigenvalue weighted by Crippen LogP contribution is 2.40. The molecule has 2 fully saturated rings. The van der Waals surface area contributed by atoms with Gasteiger partial charge in [0.25, 0.3) is 0 Å². The van der Waals surface area contributed by atoms with E-state index < -0.39 is 0 Å². The lowest BCUT2D eigenvalue weighted by Crippen LogP contribution is -2.46. The second-order valence-electron chi connectivity index (χ2n) is 6.31. The Morgan fingerprint density at radius 1 is 1.06 bits per heavy atom. The molecule has 0 unspecified atom stereocenters. The smallest absolute Gasteiger partial charge is 0.225 e. The van der Waals surface area contributed by atoms with E-state index in [0.717, 1.165) is 25.9 Å². The van der Waals surface area contributed by atoms with E-state index in [1.54, 1.807) is 0 Å². The molecule has 0 heterocycles. The van der Waals surface area contributed by atoms with Gasteiger partial charge in [0, 0.05) is 24.5 Å². The van der Waals surface area contributed by atoms with Crippen molar-refractivity contribution >= 4 is 5.91 Å². The van der Waals surface area contributed by atoms with E-state index in [-0.39, 0.29) is 11.3 Å². The Hall–Kier alpha value is -0.570. The molecule has 2 aliphatic carbocycles. The normalized spacial score (nSPS) is 24.1. The molecule has 2 rings (SSSR count). The van der Waals surface area contributed by atoms with Crippen LogP contribution in [0.15, 0.2) is 0 Å². The second-order valence-corrected chi connectivity index (χ2v) is 6.31. The SMILES string of the molecule is CC1(C(=O)NCCNC2CCCCCC2)CCC1. The van der Waals surface area contributed by atoms with Crippen LogP contribution < -0.4 is 10.6 Å². The Kier molecular flexibility index (Phi) is 5.04. The van der Waals surface area contributed by atoms with Crippen molar-refractivity contribution in [2.45, 2.75) is 70.8 Å². The lowest BCUT2D eigenvalue weighted by atomic mass is 9.70. The van der Waals surface area contributed by atoms with Crippen molar-refractivity contribution in [3.8, 4) is 0 Å². The van der Waals surface area contributed by atoms with Crippen molar-refractivity contribution in [2.75, 3.05) is 13.1 Å². The van der Waals surface area contributed by atoms with Gasteiger partial charge in [-0.1, -0.05) is 39.0 Å². The quantitative estimate of drug-likeness (QED) is 0.583. The van der Waals surface area contributed by atoms with E-state index in [4.69, 9.17) is 0 Å². The number of amides is 1. The first kappa shape index (κ1) is 13.9. The molecule has 0 aromatic carbocycles. The summed E-state index contributed by atoms with van der Waals surface area (Å²) in [5, 5.41) is 6.67. The zero-order valence-electron chi connectivity index (χ0n) is 11.8.